The third-order valence-corrected chi connectivity index (χ3v) is 4.20. The van der Waals surface area contributed by atoms with Gasteiger partial charge in [-0.1, -0.05) is 35.5 Å². The number of hydrogen-bond donors (Lipinski definition) is 0. The number of hydrogen-bond acceptors (Lipinski definition) is 5. The number of fused-ring (bicyclic) bond motifs is 2. The van der Waals surface area contributed by atoms with Gasteiger partial charge in [-0.25, -0.2) is 0 Å². The van der Waals surface area contributed by atoms with Crippen LogP contribution in [-0.2, 0) is 0 Å². The van der Waals surface area contributed by atoms with Gasteiger partial charge in [-0.15, -0.1) is 11.3 Å². The van der Waals surface area contributed by atoms with Gasteiger partial charge in [-0.05, 0) is 11.4 Å². The van der Waals surface area contributed by atoms with Crippen molar-refractivity contribution in [3.63, 3.8) is 0 Å². The molecule has 0 aliphatic heterocycles. The van der Waals surface area contributed by atoms with Crippen molar-refractivity contribution < 1.29 is 14.1 Å². The molecule has 0 bridgehead atoms. The Labute approximate surface area is 117 Å². The third-order valence-electron chi connectivity index (χ3n) is 3.29. The molecule has 0 atom stereocenters. The summed E-state index contributed by atoms with van der Waals surface area (Å²) in [6.45, 7) is 0. The van der Waals surface area contributed by atoms with Gasteiger partial charge in [-0.3, -0.25) is 9.59 Å². The largest absolute Gasteiger partial charge is 0.351 e. The van der Waals surface area contributed by atoms with Crippen LogP contribution in [0, 0.1) is 0 Å². The molecule has 0 saturated heterocycles. The van der Waals surface area contributed by atoms with E-state index >= 15 is 0 Å². The Morgan fingerprint density at radius 3 is 2.60 bits per heavy atom. The maximum absolute atomic E-state index is 12.5. The minimum Gasteiger partial charge on any atom is -0.351 e. The second-order valence-corrected chi connectivity index (χ2v) is 5.34. The lowest BCUT2D eigenvalue weighted by molar-refractivity contribution is 0.0958. The summed E-state index contributed by atoms with van der Waals surface area (Å²) >= 11 is 1.27. The molecule has 4 nitrogen and oxygen atoms in total. The molecule has 1 aliphatic rings. The lowest BCUT2D eigenvalue weighted by Crippen LogP contribution is -2.17. The Kier molecular flexibility index (Phi) is 2.25. The van der Waals surface area contributed by atoms with Crippen molar-refractivity contribution in [1.82, 2.24) is 5.16 Å². The summed E-state index contributed by atoms with van der Waals surface area (Å²) in [5.74, 6) is -0.421. The van der Waals surface area contributed by atoms with Crippen molar-refractivity contribution in [1.29, 1.82) is 0 Å². The summed E-state index contributed by atoms with van der Waals surface area (Å²) in [7, 11) is 0. The number of rotatable bonds is 1. The molecular formula is C15H7NO3S. The highest BCUT2D eigenvalue weighted by Gasteiger charge is 2.37. The van der Waals surface area contributed by atoms with Crippen LogP contribution in [0.15, 0.2) is 46.3 Å². The van der Waals surface area contributed by atoms with Crippen LogP contribution in [0.2, 0.25) is 0 Å². The van der Waals surface area contributed by atoms with Crippen LogP contribution >= 0.6 is 11.3 Å². The second-order valence-electron chi connectivity index (χ2n) is 4.42. The van der Waals surface area contributed by atoms with E-state index in [1.807, 2.05) is 30.3 Å². The number of benzene rings is 1. The van der Waals surface area contributed by atoms with E-state index in [-0.39, 0.29) is 22.9 Å². The lowest BCUT2D eigenvalue weighted by Gasteiger charge is -2.08. The Balaban J connectivity index is 1.98. The van der Waals surface area contributed by atoms with Gasteiger partial charge in [-0.2, -0.15) is 0 Å². The predicted molar refractivity (Wildman–Crippen MR) is 73.1 cm³/mol. The SMILES string of the molecule is O=C1c2ccsc2C(=O)c2c(-c3ccccc3)noc21. The Morgan fingerprint density at radius 1 is 1.00 bits per heavy atom. The van der Waals surface area contributed by atoms with Crippen LogP contribution in [0.3, 0.4) is 0 Å². The molecule has 3 aromatic rings. The molecule has 2 heterocycles. The summed E-state index contributed by atoms with van der Waals surface area (Å²) < 4.78 is 5.13. The lowest BCUT2D eigenvalue weighted by atomic mass is 9.92. The number of ketones is 2. The number of aromatic nitrogens is 1. The van der Waals surface area contributed by atoms with Gasteiger partial charge in [0.15, 0.2) is 0 Å². The van der Waals surface area contributed by atoms with E-state index in [2.05, 4.69) is 5.16 Å². The van der Waals surface area contributed by atoms with E-state index in [0.717, 1.165) is 5.56 Å². The van der Waals surface area contributed by atoms with Crippen molar-refractivity contribution in [2.75, 3.05) is 0 Å². The van der Waals surface area contributed by atoms with Gasteiger partial charge in [0.1, 0.15) is 11.3 Å². The van der Waals surface area contributed by atoms with Crippen molar-refractivity contribution in [2.45, 2.75) is 0 Å². The Morgan fingerprint density at radius 2 is 1.80 bits per heavy atom. The molecule has 0 radical (unpaired) electrons. The summed E-state index contributed by atoms with van der Waals surface area (Å²) in [5, 5.41) is 5.66. The minimum absolute atomic E-state index is 0.0414. The minimum atomic E-state index is -0.273. The van der Waals surface area contributed by atoms with Gasteiger partial charge in [0.25, 0.3) is 0 Å². The standard InChI is InChI=1S/C15H7NO3S/c17-12-9-6-7-20-15(9)13(18)10-11(16-19-14(10)12)8-4-2-1-3-5-8/h1-7H. The van der Waals surface area contributed by atoms with Gasteiger partial charge in [0.2, 0.25) is 17.3 Å². The highest BCUT2D eigenvalue weighted by Crippen LogP contribution is 2.35. The van der Waals surface area contributed by atoms with Crippen LogP contribution in [-0.4, -0.2) is 16.7 Å². The molecule has 0 N–H and O–H groups in total. The smallest absolute Gasteiger partial charge is 0.233 e. The topological polar surface area (TPSA) is 60.2 Å². The van der Waals surface area contributed by atoms with Gasteiger partial charge in [0.05, 0.1) is 4.88 Å². The van der Waals surface area contributed by atoms with Crippen LogP contribution in [0.4, 0.5) is 0 Å². The molecule has 0 amide bonds. The Bertz CT molecular complexity index is 845. The number of carbonyl (C=O) groups excluding carboxylic acids is 2. The normalized spacial score (nSPS) is 13.2. The van der Waals surface area contributed by atoms with E-state index in [0.29, 0.717) is 16.1 Å². The van der Waals surface area contributed by atoms with Gasteiger partial charge >= 0.3 is 0 Å². The van der Waals surface area contributed by atoms with Crippen molar-refractivity contribution in [3.05, 3.63) is 63.5 Å². The average Bonchev–Trinajstić information content (AvgIpc) is 3.13. The predicted octanol–water partition coefficient (Wildman–Crippen LogP) is 3.18. The molecule has 20 heavy (non-hydrogen) atoms. The first kappa shape index (κ1) is 11.3. The van der Waals surface area contributed by atoms with Crippen LogP contribution in [0.5, 0.6) is 0 Å². The van der Waals surface area contributed by atoms with Crippen LogP contribution in [0.1, 0.15) is 31.4 Å². The van der Waals surface area contributed by atoms with E-state index in [1.54, 1.807) is 11.4 Å². The van der Waals surface area contributed by atoms with Gasteiger partial charge < -0.3 is 4.52 Å². The van der Waals surface area contributed by atoms with Crippen molar-refractivity contribution in [3.8, 4) is 11.3 Å². The summed E-state index contributed by atoms with van der Waals surface area (Å²) in [6, 6.07) is 10.9. The molecule has 4 rings (SSSR count). The molecule has 0 spiro atoms. The fourth-order valence-corrected chi connectivity index (χ4v) is 3.19. The summed E-state index contributed by atoms with van der Waals surface area (Å²) in [5.41, 5.74) is 1.87. The zero-order valence-electron chi connectivity index (χ0n) is 10.1. The maximum Gasteiger partial charge on any atom is 0.233 e. The van der Waals surface area contributed by atoms with Crippen LogP contribution in [0.25, 0.3) is 11.3 Å². The number of nitrogens with zero attached hydrogens (tertiary/aromatic N) is 1. The zero-order valence-corrected chi connectivity index (χ0v) is 10.9. The fourth-order valence-electron chi connectivity index (χ4n) is 2.35. The van der Waals surface area contributed by atoms with Crippen molar-refractivity contribution >= 4 is 22.9 Å². The number of thiophene rings is 1. The summed E-state index contributed by atoms with van der Waals surface area (Å²) in [4.78, 5) is 25.3. The molecule has 1 aliphatic carbocycles. The molecule has 0 fully saturated rings. The first-order valence-corrected chi connectivity index (χ1v) is 6.87. The van der Waals surface area contributed by atoms with Crippen LogP contribution < -0.4 is 0 Å². The molecule has 96 valence electrons. The monoisotopic (exact) mass is 281 g/mol. The molecule has 0 unspecified atom stereocenters. The quantitative estimate of drug-likeness (QED) is 0.537. The van der Waals surface area contributed by atoms with E-state index in [4.69, 9.17) is 4.52 Å². The Hall–Kier alpha value is -2.53. The fraction of sp³-hybridized carbons (Fsp3) is 0. The average molecular weight is 281 g/mol. The summed E-state index contributed by atoms with van der Waals surface area (Å²) in [6.07, 6.45) is 0. The highest BCUT2D eigenvalue weighted by atomic mass is 32.1. The maximum atomic E-state index is 12.5. The second kappa shape index (κ2) is 3.98. The zero-order chi connectivity index (χ0) is 13.7. The van der Waals surface area contributed by atoms with E-state index in [1.165, 1.54) is 11.3 Å². The highest BCUT2D eigenvalue weighted by molar-refractivity contribution is 7.12. The van der Waals surface area contributed by atoms with Gasteiger partial charge in [0, 0.05) is 11.1 Å². The first-order chi connectivity index (χ1) is 9.77. The molecule has 1 aromatic carbocycles. The molecule has 2 aromatic heterocycles. The molecule has 5 heteroatoms. The number of carbonyl (C=O) groups is 2. The molecular weight excluding hydrogens is 274 g/mol. The van der Waals surface area contributed by atoms with E-state index in [9.17, 15) is 9.59 Å². The van der Waals surface area contributed by atoms with E-state index < -0.39 is 0 Å². The first-order valence-electron chi connectivity index (χ1n) is 5.99. The van der Waals surface area contributed by atoms with Crippen molar-refractivity contribution in [2.24, 2.45) is 0 Å². The molecule has 0 saturated carbocycles. The third kappa shape index (κ3) is 1.38.